The lowest BCUT2D eigenvalue weighted by Crippen LogP contribution is -2.49. The van der Waals surface area contributed by atoms with Crippen LogP contribution < -0.4 is 5.32 Å². The largest absolute Gasteiger partial charge is 0.326 e. The molecule has 4 aliphatic rings. The first-order chi connectivity index (χ1) is 13.2. The van der Waals surface area contributed by atoms with Crippen LogP contribution in [0.3, 0.4) is 0 Å². The van der Waals surface area contributed by atoms with E-state index in [1.165, 1.54) is 32.1 Å². The van der Waals surface area contributed by atoms with E-state index in [2.05, 4.69) is 22.1 Å². The second-order valence-corrected chi connectivity index (χ2v) is 8.49. The third kappa shape index (κ3) is 3.37. The first kappa shape index (κ1) is 16.6. The average molecular weight is 356 g/mol. The zero-order valence-corrected chi connectivity index (χ0v) is 15.4. The monoisotopic (exact) mass is 356 g/mol. The molecule has 0 aliphatic heterocycles. The number of aromatic nitrogens is 1. The van der Waals surface area contributed by atoms with Crippen LogP contribution in [0.15, 0.2) is 48.7 Å². The third-order valence-corrected chi connectivity index (χ3v) is 6.66. The number of carbonyl (C=O) groups is 1. The first-order valence-electron chi connectivity index (χ1n) is 10.1. The predicted molar refractivity (Wildman–Crippen MR) is 106 cm³/mol. The van der Waals surface area contributed by atoms with Crippen LogP contribution in [0.1, 0.15) is 43.4 Å². The zero-order valence-electron chi connectivity index (χ0n) is 15.4. The number of pyridine rings is 1. The molecule has 0 saturated heterocycles. The van der Waals surface area contributed by atoms with Crippen LogP contribution in [-0.4, -0.2) is 10.9 Å². The fraction of sp³-hybridized carbons (Fsp3) is 0.417. The molecule has 1 N–H and O–H groups in total. The van der Waals surface area contributed by atoms with Crippen molar-refractivity contribution in [2.45, 2.75) is 32.1 Å². The number of hydrogen-bond donors (Lipinski definition) is 1. The van der Waals surface area contributed by atoms with E-state index < -0.39 is 0 Å². The fourth-order valence-corrected chi connectivity index (χ4v) is 5.83. The maximum atomic E-state index is 13.0. The van der Waals surface area contributed by atoms with Gasteiger partial charge < -0.3 is 5.32 Å². The van der Waals surface area contributed by atoms with Gasteiger partial charge in [-0.2, -0.15) is 0 Å². The molecular formula is C24H24N2O. The number of benzene rings is 1. The van der Waals surface area contributed by atoms with Crippen LogP contribution in [-0.2, 0) is 4.79 Å². The second kappa shape index (κ2) is 6.85. The molecule has 136 valence electrons. The first-order valence-corrected chi connectivity index (χ1v) is 10.1. The molecule has 0 atom stereocenters. The van der Waals surface area contributed by atoms with Crippen LogP contribution in [0.4, 0.5) is 5.69 Å². The van der Waals surface area contributed by atoms with Crippen molar-refractivity contribution in [3.63, 3.8) is 0 Å². The Hall–Kier alpha value is -2.60. The standard InChI is InChI=1S/C24H24N2O/c27-24(23-19-11-17-10-18(13-19)14-20(23)12-17)26-22-6-3-4-16(15-22)7-8-21-5-1-2-9-25-21/h1-6,9,15,17-20,23H,10-14H2,(H,26,27). The summed E-state index contributed by atoms with van der Waals surface area (Å²) in [4.78, 5) is 17.3. The Bertz CT molecular complexity index is 881. The SMILES string of the molecule is O=C(Nc1cccc(C#Cc2ccccn2)c1)C1C2CC3CC(C2)CC1C3. The van der Waals surface area contributed by atoms with Gasteiger partial charge in [0.15, 0.2) is 0 Å². The molecule has 1 aromatic heterocycles. The highest BCUT2D eigenvalue weighted by atomic mass is 16.1. The summed E-state index contributed by atoms with van der Waals surface area (Å²) in [6, 6.07) is 13.5. The van der Waals surface area contributed by atoms with Crippen molar-refractivity contribution >= 4 is 11.6 Å². The molecule has 0 spiro atoms. The van der Waals surface area contributed by atoms with Crippen molar-refractivity contribution in [2.24, 2.45) is 29.6 Å². The second-order valence-electron chi connectivity index (χ2n) is 8.49. The molecule has 3 heteroatoms. The molecule has 6 rings (SSSR count). The smallest absolute Gasteiger partial charge is 0.228 e. The maximum absolute atomic E-state index is 13.0. The van der Waals surface area contributed by atoms with Gasteiger partial charge in [-0.3, -0.25) is 4.79 Å². The molecule has 4 aliphatic carbocycles. The van der Waals surface area contributed by atoms with Crippen LogP contribution in [0.2, 0.25) is 0 Å². The highest BCUT2D eigenvalue weighted by Gasteiger charge is 2.50. The summed E-state index contributed by atoms with van der Waals surface area (Å²) in [6.07, 6.45) is 8.21. The normalized spacial score (nSPS) is 30.4. The molecule has 27 heavy (non-hydrogen) atoms. The molecule has 1 aromatic carbocycles. The summed E-state index contributed by atoms with van der Waals surface area (Å²) in [5, 5.41) is 3.19. The van der Waals surface area contributed by atoms with Crippen molar-refractivity contribution in [1.82, 2.24) is 4.98 Å². The lowest BCUT2D eigenvalue weighted by atomic mass is 9.51. The van der Waals surface area contributed by atoms with Crippen LogP contribution in [0.25, 0.3) is 0 Å². The number of nitrogens with one attached hydrogen (secondary N) is 1. The topological polar surface area (TPSA) is 42.0 Å². The van der Waals surface area contributed by atoms with Gasteiger partial charge >= 0.3 is 0 Å². The summed E-state index contributed by atoms with van der Waals surface area (Å²) >= 11 is 0. The Balaban J connectivity index is 1.30. The van der Waals surface area contributed by atoms with E-state index in [1.54, 1.807) is 6.20 Å². The number of rotatable bonds is 2. The average Bonchev–Trinajstić information content (AvgIpc) is 2.67. The fourth-order valence-electron chi connectivity index (χ4n) is 5.83. The van der Waals surface area contributed by atoms with Crippen LogP contribution in [0, 0.1) is 41.4 Å². The summed E-state index contributed by atoms with van der Waals surface area (Å²) in [7, 11) is 0. The van der Waals surface area contributed by atoms with Gasteiger partial charge in [-0.15, -0.1) is 0 Å². The van der Waals surface area contributed by atoms with Crippen molar-refractivity contribution in [3.05, 3.63) is 59.9 Å². The number of hydrogen-bond acceptors (Lipinski definition) is 2. The van der Waals surface area contributed by atoms with E-state index in [-0.39, 0.29) is 11.8 Å². The van der Waals surface area contributed by atoms with E-state index in [1.807, 2.05) is 42.5 Å². The Morgan fingerprint density at radius 3 is 2.41 bits per heavy atom. The van der Waals surface area contributed by atoms with Gasteiger partial charge in [0.2, 0.25) is 5.91 Å². The molecule has 0 unspecified atom stereocenters. The molecule has 0 radical (unpaired) electrons. The third-order valence-electron chi connectivity index (χ3n) is 6.66. The summed E-state index contributed by atoms with van der Waals surface area (Å²) in [5.41, 5.74) is 2.49. The minimum atomic E-state index is 0.209. The summed E-state index contributed by atoms with van der Waals surface area (Å²) < 4.78 is 0. The molecule has 2 aromatic rings. The Labute approximate surface area is 160 Å². The molecular weight excluding hydrogens is 332 g/mol. The summed E-state index contributed by atoms with van der Waals surface area (Å²) in [5.74, 6) is 9.64. The lowest BCUT2D eigenvalue weighted by Gasteiger charge is -2.53. The Kier molecular flexibility index (Phi) is 4.20. The highest BCUT2D eigenvalue weighted by molar-refractivity contribution is 5.93. The van der Waals surface area contributed by atoms with Crippen LogP contribution >= 0.6 is 0 Å². The van der Waals surface area contributed by atoms with Gasteiger partial charge in [0.25, 0.3) is 0 Å². The van der Waals surface area contributed by atoms with E-state index in [4.69, 9.17) is 0 Å². The van der Waals surface area contributed by atoms with Gasteiger partial charge in [0, 0.05) is 23.4 Å². The Morgan fingerprint density at radius 1 is 0.926 bits per heavy atom. The summed E-state index contributed by atoms with van der Waals surface area (Å²) in [6.45, 7) is 0. The molecule has 3 nitrogen and oxygen atoms in total. The van der Waals surface area contributed by atoms with Crippen molar-refractivity contribution in [3.8, 4) is 11.8 Å². The van der Waals surface area contributed by atoms with Gasteiger partial charge in [0.1, 0.15) is 5.69 Å². The van der Waals surface area contributed by atoms with Gasteiger partial charge in [-0.25, -0.2) is 4.98 Å². The van der Waals surface area contributed by atoms with E-state index in [9.17, 15) is 4.79 Å². The quantitative estimate of drug-likeness (QED) is 0.806. The molecule has 1 amide bonds. The minimum Gasteiger partial charge on any atom is -0.326 e. The number of nitrogens with zero attached hydrogens (tertiary/aromatic N) is 1. The van der Waals surface area contributed by atoms with Gasteiger partial charge in [0.05, 0.1) is 0 Å². The molecule has 4 fully saturated rings. The predicted octanol–water partition coefficient (Wildman–Crippen LogP) is 4.49. The zero-order chi connectivity index (χ0) is 18.2. The van der Waals surface area contributed by atoms with Crippen molar-refractivity contribution < 1.29 is 4.79 Å². The van der Waals surface area contributed by atoms with Crippen molar-refractivity contribution in [2.75, 3.05) is 5.32 Å². The lowest BCUT2D eigenvalue weighted by molar-refractivity contribution is -0.132. The Morgan fingerprint density at radius 2 is 1.70 bits per heavy atom. The van der Waals surface area contributed by atoms with E-state index >= 15 is 0 Å². The van der Waals surface area contributed by atoms with Crippen molar-refractivity contribution in [1.29, 1.82) is 0 Å². The minimum absolute atomic E-state index is 0.209. The molecule has 4 bridgehead atoms. The number of anilines is 1. The van der Waals surface area contributed by atoms with Gasteiger partial charge in [-0.05, 0) is 92.0 Å². The number of carbonyl (C=O) groups excluding carboxylic acids is 1. The highest BCUT2D eigenvalue weighted by Crippen LogP contribution is 2.56. The number of amides is 1. The maximum Gasteiger partial charge on any atom is 0.228 e. The van der Waals surface area contributed by atoms with E-state index in [0.29, 0.717) is 11.8 Å². The van der Waals surface area contributed by atoms with Crippen LogP contribution in [0.5, 0.6) is 0 Å². The molecule has 1 heterocycles. The molecule has 4 saturated carbocycles. The van der Waals surface area contributed by atoms with E-state index in [0.717, 1.165) is 28.8 Å². The van der Waals surface area contributed by atoms with Gasteiger partial charge in [-0.1, -0.05) is 18.1 Å².